The first-order valence-corrected chi connectivity index (χ1v) is 4.67. The Hall–Kier alpha value is -1.47. The van der Waals surface area contributed by atoms with E-state index in [-0.39, 0.29) is 6.73 Å². The van der Waals surface area contributed by atoms with E-state index >= 15 is 0 Å². The molecule has 0 radical (unpaired) electrons. The molecule has 2 N–H and O–H groups in total. The number of nitrogens with one attached hydrogen (secondary N) is 1. The van der Waals surface area contributed by atoms with Gasteiger partial charge < -0.3 is 9.84 Å². The molecule has 0 spiro atoms. The van der Waals surface area contributed by atoms with Crippen molar-refractivity contribution in [3.05, 3.63) is 32.6 Å². The molecule has 90 valence electrons. The first kappa shape index (κ1) is 12.6. The third-order valence-corrected chi connectivity index (χ3v) is 2.01. The number of ether oxygens (including phenoxy) is 1. The van der Waals surface area contributed by atoms with E-state index in [0.29, 0.717) is 5.56 Å². The molecule has 1 unspecified atom stereocenters. The number of hydrogen-bond acceptors (Lipinski definition) is 4. The lowest BCUT2D eigenvalue weighted by Gasteiger charge is -2.12. The van der Waals surface area contributed by atoms with Gasteiger partial charge in [0.1, 0.15) is 19.5 Å². The summed E-state index contributed by atoms with van der Waals surface area (Å²) in [5.74, 6) is 0. The van der Waals surface area contributed by atoms with Gasteiger partial charge in [-0.15, -0.1) is 0 Å². The highest BCUT2D eigenvalue weighted by Gasteiger charge is 2.08. The molecule has 0 aromatic carbocycles. The number of halogens is 1. The maximum Gasteiger partial charge on any atom is 0.330 e. The summed E-state index contributed by atoms with van der Waals surface area (Å²) in [5.41, 5.74) is -0.749. The third-order valence-electron chi connectivity index (χ3n) is 2.01. The lowest BCUT2D eigenvalue weighted by atomic mass is 10.4. The van der Waals surface area contributed by atoms with Crippen molar-refractivity contribution in [1.82, 2.24) is 9.55 Å². The summed E-state index contributed by atoms with van der Waals surface area (Å²) in [4.78, 5) is 24.4. The predicted molar refractivity (Wildman–Crippen MR) is 54.0 cm³/mol. The first-order chi connectivity index (χ1) is 7.58. The molecule has 0 saturated carbocycles. The molecule has 0 aliphatic heterocycles. The molecule has 0 saturated heterocycles. The van der Waals surface area contributed by atoms with Crippen LogP contribution in [0.25, 0.3) is 0 Å². The van der Waals surface area contributed by atoms with Crippen molar-refractivity contribution in [1.29, 1.82) is 0 Å². The van der Waals surface area contributed by atoms with E-state index in [0.717, 1.165) is 4.57 Å². The van der Waals surface area contributed by atoms with Crippen molar-refractivity contribution in [2.24, 2.45) is 0 Å². The smallest absolute Gasteiger partial charge is 0.330 e. The fraction of sp³-hybridized carbons (Fsp3) is 0.556. The second kappa shape index (κ2) is 5.57. The van der Waals surface area contributed by atoms with Crippen LogP contribution in [0, 0.1) is 6.92 Å². The zero-order chi connectivity index (χ0) is 12.1. The fourth-order valence-corrected chi connectivity index (χ4v) is 1.05. The van der Waals surface area contributed by atoms with Gasteiger partial charge in [-0.3, -0.25) is 14.3 Å². The van der Waals surface area contributed by atoms with Crippen molar-refractivity contribution < 1.29 is 14.2 Å². The Kier molecular flexibility index (Phi) is 4.39. The van der Waals surface area contributed by atoms with Crippen molar-refractivity contribution in [3.63, 3.8) is 0 Å². The SMILES string of the molecule is Cc1cn(COC(CO)CF)c(=O)[nH]c1=O. The number of aromatic amines is 1. The normalized spacial score (nSPS) is 12.7. The summed E-state index contributed by atoms with van der Waals surface area (Å²) in [5, 5.41) is 8.66. The van der Waals surface area contributed by atoms with Gasteiger partial charge in [-0.05, 0) is 6.92 Å². The number of nitrogens with zero attached hydrogens (tertiary/aromatic N) is 1. The highest BCUT2D eigenvalue weighted by molar-refractivity contribution is 5.00. The zero-order valence-electron chi connectivity index (χ0n) is 8.77. The van der Waals surface area contributed by atoms with Crippen molar-refractivity contribution in [2.75, 3.05) is 13.3 Å². The number of rotatable bonds is 5. The predicted octanol–water partition coefficient (Wildman–Crippen LogP) is -0.850. The molecular formula is C9H13FN2O4. The van der Waals surface area contributed by atoms with E-state index < -0.39 is 30.6 Å². The molecule has 1 aromatic rings. The lowest BCUT2D eigenvalue weighted by molar-refractivity contribution is -0.0364. The average molecular weight is 232 g/mol. The molecule has 0 aliphatic carbocycles. The van der Waals surface area contributed by atoms with E-state index in [1.165, 1.54) is 13.1 Å². The van der Waals surface area contributed by atoms with Crippen LogP contribution < -0.4 is 11.2 Å². The molecule has 0 fully saturated rings. The van der Waals surface area contributed by atoms with Gasteiger partial charge in [0.15, 0.2) is 0 Å². The second-order valence-corrected chi connectivity index (χ2v) is 3.30. The minimum atomic E-state index is -0.959. The van der Waals surface area contributed by atoms with E-state index in [9.17, 15) is 14.0 Å². The van der Waals surface area contributed by atoms with E-state index in [1.807, 2.05) is 0 Å². The van der Waals surface area contributed by atoms with Crippen molar-refractivity contribution in [2.45, 2.75) is 19.8 Å². The van der Waals surface area contributed by atoms with Gasteiger partial charge in [0, 0.05) is 11.8 Å². The quantitative estimate of drug-likeness (QED) is 0.692. The summed E-state index contributed by atoms with van der Waals surface area (Å²) in [6, 6.07) is 0. The van der Waals surface area contributed by atoms with Crippen LogP contribution in [-0.2, 0) is 11.5 Å². The van der Waals surface area contributed by atoms with Crippen LogP contribution in [0.4, 0.5) is 4.39 Å². The highest BCUT2D eigenvalue weighted by Crippen LogP contribution is 1.94. The van der Waals surface area contributed by atoms with E-state index in [2.05, 4.69) is 4.98 Å². The highest BCUT2D eigenvalue weighted by atomic mass is 19.1. The molecule has 1 atom stereocenters. The van der Waals surface area contributed by atoms with E-state index in [1.54, 1.807) is 0 Å². The van der Waals surface area contributed by atoms with Crippen LogP contribution >= 0.6 is 0 Å². The van der Waals surface area contributed by atoms with Crippen LogP contribution in [0.1, 0.15) is 5.56 Å². The van der Waals surface area contributed by atoms with Crippen LogP contribution in [0.5, 0.6) is 0 Å². The maximum absolute atomic E-state index is 12.2. The molecule has 0 bridgehead atoms. The average Bonchev–Trinajstić information content (AvgIpc) is 2.26. The first-order valence-electron chi connectivity index (χ1n) is 4.67. The Balaban J connectivity index is 2.78. The van der Waals surface area contributed by atoms with Gasteiger partial charge in [-0.25, -0.2) is 9.18 Å². The van der Waals surface area contributed by atoms with Crippen molar-refractivity contribution in [3.8, 4) is 0 Å². The van der Waals surface area contributed by atoms with E-state index in [4.69, 9.17) is 9.84 Å². The third kappa shape index (κ3) is 3.01. The number of aryl methyl sites for hydroxylation is 1. The second-order valence-electron chi connectivity index (χ2n) is 3.30. The minimum Gasteiger partial charge on any atom is -0.394 e. The van der Waals surface area contributed by atoms with Crippen LogP contribution in [0.15, 0.2) is 15.8 Å². The monoisotopic (exact) mass is 232 g/mol. The molecule has 1 heterocycles. The summed E-state index contributed by atoms with van der Waals surface area (Å²) < 4.78 is 18.2. The molecular weight excluding hydrogens is 219 g/mol. The standard InChI is InChI=1S/C9H13FN2O4/c1-6-3-12(9(15)11-8(6)14)5-16-7(2-10)4-13/h3,7,13H,2,4-5H2,1H3,(H,11,14,15). The molecule has 1 rings (SSSR count). The van der Waals surface area contributed by atoms with Gasteiger partial charge >= 0.3 is 5.69 Å². The molecule has 6 nitrogen and oxygen atoms in total. The van der Waals surface area contributed by atoms with Crippen molar-refractivity contribution >= 4 is 0 Å². The van der Waals surface area contributed by atoms with Gasteiger partial charge in [0.05, 0.1) is 6.61 Å². The number of aliphatic hydroxyl groups is 1. The van der Waals surface area contributed by atoms with Crippen LogP contribution in [0.3, 0.4) is 0 Å². The van der Waals surface area contributed by atoms with Gasteiger partial charge in [-0.1, -0.05) is 0 Å². The zero-order valence-corrected chi connectivity index (χ0v) is 8.77. The minimum absolute atomic E-state index is 0.217. The fourth-order valence-electron chi connectivity index (χ4n) is 1.05. The maximum atomic E-state index is 12.2. The Labute approximate surface area is 90.3 Å². The van der Waals surface area contributed by atoms with Crippen LogP contribution in [-0.4, -0.2) is 34.0 Å². The number of H-pyrrole nitrogens is 1. The Bertz CT molecular complexity index is 450. The number of hydrogen-bond donors (Lipinski definition) is 2. The topological polar surface area (TPSA) is 84.3 Å². The van der Waals surface area contributed by atoms with Gasteiger partial charge in [-0.2, -0.15) is 0 Å². The van der Waals surface area contributed by atoms with Gasteiger partial charge in [0.2, 0.25) is 0 Å². The Morgan fingerprint density at radius 1 is 1.62 bits per heavy atom. The number of alkyl halides is 1. The summed E-state index contributed by atoms with van der Waals surface area (Å²) in [7, 11) is 0. The van der Waals surface area contributed by atoms with Crippen LogP contribution in [0.2, 0.25) is 0 Å². The largest absolute Gasteiger partial charge is 0.394 e. The Morgan fingerprint density at radius 2 is 2.31 bits per heavy atom. The molecule has 16 heavy (non-hydrogen) atoms. The summed E-state index contributed by atoms with van der Waals surface area (Å²) >= 11 is 0. The molecule has 0 amide bonds. The van der Waals surface area contributed by atoms with Gasteiger partial charge in [0.25, 0.3) is 5.56 Å². The molecule has 7 heteroatoms. The summed E-state index contributed by atoms with van der Waals surface area (Å²) in [6.07, 6.45) is 0.354. The molecule has 0 aliphatic rings. The summed E-state index contributed by atoms with van der Waals surface area (Å²) in [6.45, 7) is 0.0141. The number of aromatic nitrogens is 2. The Morgan fingerprint density at radius 3 is 2.88 bits per heavy atom. The molecule has 1 aromatic heterocycles. The number of aliphatic hydroxyl groups excluding tert-OH is 1. The lowest BCUT2D eigenvalue weighted by Crippen LogP contribution is -2.33.